The van der Waals surface area contributed by atoms with Crippen molar-refractivity contribution < 1.29 is 24.2 Å². The summed E-state index contributed by atoms with van der Waals surface area (Å²) in [5, 5.41) is 12.3. The predicted octanol–water partition coefficient (Wildman–Crippen LogP) is 5.56. The van der Waals surface area contributed by atoms with Gasteiger partial charge in [-0.05, 0) is 61.4 Å². The summed E-state index contributed by atoms with van der Waals surface area (Å²) >= 11 is 0. The molecule has 0 aliphatic heterocycles. The molecule has 0 saturated heterocycles. The average Bonchev–Trinajstić information content (AvgIpc) is 3.55. The number of fused-ring (bicyclic) bond motifs is 1. The fourth-order valence-corrected chi connectivity index (χ4v) is 4.81. The number of carbonyl (C=O) groups excluding carboxylic acids is 2. The van der Waals surface area contributed by atoms with Crippen molar-refractivity contribution in [3.05, 3.63) is 83.4 Å². The van der Waals surface area contributed by atoms with Gasteiger partial charge < -0.3 is 19.7 Å². The molecule has 1 amide bonds. The summed E-state index contributed by atoms with van der Waals surface area (Å²) in [7, 11) is 1.31. The molecule has 0 radical (unpaired) electrons. The molecule has 5 rings (SSSR count). The third-order valence-corrected chi connectivity index (χ3v) is 6.55. The van der Waals surface area contributed by atoms with Crippen molar-refractivity contribution in [2.24, 2.45) is 0 Å². The van der Waals surface area contributed by atoms with Crippen LogP contribution in [0.4, 0.5) is 5.69 Å². The van der Waals surface area contributed by atoms with Crippen molar-refractivity contribution in [3.8, 4) is 11.4 Å². The van der Waals surface area contributed by atoms with Gasteiger partial charge in [0.15, 0.2) is 0 Å². The van der Waals surface area contributed by atoms with E-state index in [4.69, 9.17) is 9.72 Å². The lowest BCUT2D eigenvalue weighted by atomic mass is 10.1. The van der Waals surface area contributed by atoms with E-state index in [1.165, 1.54) is 7.11 Å². The summed E-state index contributed by atoms with van der Waals surface area (Å²) in [6, 6.07) is 19.0. The minimum absolute atomic E-state index is 0.187. The van der Waals surface area contributed by atoms with E-state index in [0.29, 0.717) is 28.2 Å². The Balaban J connectivity index is 1.51. The first-order chi connectivity index (χ1) is 17.4. The standard InChI is InChI=1S/C28H25N3O5/c1-36-28(35)20-8-5-9-21(15-20)29-26(32)18-7-4-6-17(14-18)25-30-23-16-19(27(33)34)12-13-24(23)31(25)22-10-2-3-11-22/h4-9,12-16,22H,2-3,10-11H2,1H3,(H,29,32)(H,33,34). The van der Waals surface area contributed by atoms with Crippen LogP contribution < -0.4 is 5.32 Å². The van der Waals surface area contributed by atoms with E-state index in [-0.39, 0.29) is 17.5 Å². The second-order valence-electron chi connectivity index (χ2n) is 8.86. The topological polar surface area (TPSA) is 111 Å². The monoisotopic (exact) mass is 483 g/mol. The van der Waals surface area contributed by atoms with Crippen LogP contribution in [0, 0.1) is 0 Å². The first kappa shape index (κ1) is 23.3. The zero-order chi connectivity index (χ0) is 25.2. The number of rotatable bonds is 6. The molecule has 0 bridgehead atoms. The van der Waals surface area contributed by atoms with E-state index in [9.17, 15) is 19.5 Å². The van der Waals surface area contributed by atoms with Gasteiger partial charge in [-0.3, -0.25) is 4.79 Å². The fraction of sp³-hybridized carbons (Fsp3) is 0.214. The van der Waals surface area contributed by atoms with Gasteiger partial charge in [0.25, 0.3) is 5.91 Å². The highest BCUT2D eigenvalue weighted by Crippen LogP contribution is 2.37. The number of carboxylic acids is 1. The molecule has 1 aliphatic carbocycles. The second-order valence-corrected chi connectivity index (χ2v) is 8.86. The number of hydrogen-bond donors (Lipinski definition) is 2. The van der Waals surface area contributed by atoms with E-state index >= 15 is 0 Å². The van der Waals surface area contributed by atoms with Gasteiger partial charge in [0, 0.05) is 22.9 Å². The van der Waals surface area contributed by atoms with Crippen molar-refractivity contribution in [1.29, 1.82) is 0 Å². The van der Waals surface area contributed by atoms with Gasteiger partial charge in [0.1, 0.15) is 5.82 Å². The van der Waals surface area contributed by atoms with Crippen LogP contribution in [-0.4, -0.2) is 39.6 Å². The molecule has 1 saturated carbocycles. The van der Waals surface area contributed by atoms with Crippen LogP contribution in [0.25, 0.3) is 22.4 Å². The Morgan fingerprint density at radius 3 is 2.44 bits per heavy atom. The first-order valence-electron chi connectivity index (χ1n) is 11.8. The molecule has 2 N–H and O–H groups in total. The molecule has 4 aromatic rings. The van der Waals surface area contributed by atoms with E-state index in [2.05, 4.69) is 9.88 Å². The van der Waals surface area contributed by atoms with Crippen LogP contribution in [0.2, 0.25) is 0 Å². The van der Waals surface area contributed by atoms with Crippen LogP contribution >= 0.6 is 0 Å². The quantitative estimate of drug-likeness (QED) is 0.348. The van der Waals surface area contributed by atoms with E-state index < -0.39 is 11.9 Å². The number of esters is 1. The van der Waals surface area contributed by atoms with E-state index in [1.807, 2.05) is 12.1 Å². The normalized spacial score (nSPS) is 13.6. The lowest BCUT2D eigenvalue weighted by molar-refractivity contribution is 0.0599. The van der Waals surface area contributed by atoms with Crippen molar-refractivity contribution in [3.63, 3.8) is 0 Å². The molecule has 1 aliphatic rings. The summed E-state index contributed by atoms with van der Waals surface area (Å²) in [4.78, 5) is 41.2. The van der Waals surface area contributed by atoms with Crippen molar-refractivity contribution in [1.82, 2.24) is 9.55 Å². The largest absolute Gasteiger partial charge is 0.478 e. The number of ether oxygens (including phenoxy) is 1. The number of methoxy groups -OCH3 is 1. The molecule has 8 heteroatoms. The highest BCUT2D eigenvalue weighted by molar-refractivity contribution is 6.05. The smallest absolute Gasteiger partial charge is 0.337 e. The summed E-state index contributed by atoms with van der Waals surface area (Å²) < 4.78 is 6.94. The molecule has 1 fully saturated rings. The molecular formula is C28H25N3O5. The lowest BCUT2D eigenvalue weighted by Crippen LogP contribution is -2.13. The minimum atomic E-state index is -0.996. The molecule has 0 spiro atoms. The van der Waals surface area contributed by atoms with Crippen LogP contribution in [0.1, 0.15) is 62.8 Å². The predicted molar refractivity (Wildman–Crippen MR) is 135 cm³/mol. The molecule has 3 aromatic carbocycles. The van der Waals surface area contributed by atoms with Gasteiger partial charge in [-0.1, -0.05) is 31.0 Å². The maximum atomic E-state index is 13.1. The van der Waals surface area contributed by atoms with Crippen LogP contribution in [0.5, 0.6) is 0 Å². The first-order valence-corrected chi connectivity index (χ1v) is 11.8. The van der Waals surface area contributed by atoms with Crippen LogP contribution in [-0.2, 0) is 4.74 Å². The van der Waals surface area contributed by atoms with Crippen LogP contribution in [0.3, 0.4) is 0 Å². The number of nitrogens with one attached hydrogen (secondary N) is 1. The Morgan fingerprint density at radius 1 is 0.944 bits per heavy atom. The number of benzene rings is 3. The van der Waals surface area contributed by atoms with Crippen molar-refractivity contribution in [2.45, 2.75) is 31.7 Å². The van der Waals surface area contributed by atoms with Gasteiger partial charge in [-0.15, -0.1) is 0 Å². The Hall–Kier alpha value is -4.46. The Bertz CT molecular complexity index is 1480. The summed E-state index contributed by atoms with van der Waals surface area (Å²) in [6.07, 6.45) is 4.31. The van der Waals surface area contributed by atoms with Gasteiger partial charge in [0.2, 0.25) is 0 Å². The molecule has 8 nitrogen and oxygen atoms in total. The van der Waals surface area contributed by atoms with Gasteiger partial charge in [-0.2, -0.15) is 0 Å². The molecule has 1 aromatic heterocycles. The molecular weight excluding hydrogens is 458 g/mol. The summed E-state index contributed by atoms with van der Waals surface area (Å²) in [6.45, 7) is 0. The maximum absolute atomic E-state index is 13.1. The van der Waals surface area contributed by atoms with Gasteiger partial charge in [-0.25, -0.2) is 14.6 Å². The number of hydrogen-bond acceptors (Lipinski definition) is 5. The Morgan fingerprint density at radius 2 is 1.69 bits per heavy atom. The molecule has 36 heavy (non-hydrogen) atoms. The summed E-state index contributed by atoms with van der Waals surface area (Å²) in [5.74, 6) is -1.09. The highest BCUT2D eigenvalue weighted by Gasteiger charge is 2.24. The highest BCUT2D eigenvalue weighted by atomic mass is 16.5. The van der Waals surface area contributed by atoms with E-state index in [1.54, 1.807) is 54.6 Å². The second kappa shape index (κ2) is 9.65. The van der Waals surface area contributed by atoms with Crippen molar-refractivity contribution >= 4 is 34.6 Å². The van der Waals surface area contributed by atoms with Gasteiger partial charge >= 0.3 is 11.9 Å². The number of nitrogens with zero attached hydrogens (tertiary/aromatic N) is 2. The third-order valence-electron chi connectivity index (χ3n) is 6.55. The summed E-state index contributed by atoms with van der Waals surface area (Å²) in [5.41, 5.74) is 3.72. The van der Waals surface area contributed by atoms with E-state index in [0.717, 1.165) is 36.8 Å². The SMILES string of the molecule is COC(=O)c1cccc(NC(=O)c2cccc(-c3nc4cc(C(=O)O)ccc4n3C3CCCC3)c2)c1. The van der Waals surface area contributed by atoms with Crippen molar-refractivity contribution in [2.75, 3.05) is 12.4 Å². The number of aromatic nitrogens is 2. The molecule has 1 heterocycles. The minimum Gasteiger partial charge on any atom is -0.478 e. The number of aromatic carboxylic acids is 1. The third kappa shape index (κ3) is 4.45. The number of amides is 1. The Kier molecular flexibility index (Phi) is 6.25. The number of imidazole rings is 1. The number of carbonyl (C=O) groups is 3. The number of carboxylic acid groups (broad SMARTS) is 1. The van der Waals surface area contributed by atoms with Gasteiger partial charge in [0.05, 0.1) is 29.3 Å². The zero-order valence-corrected chi connectivity index (χ0v) is 19.7. The van der Waals surface area contributed by atoms with Crippen LogP contribution in [0.15, 0.2) is 66.7 Å². The molecule has 0 atom stereocenters. The zero-order valence-electron chi connectivity index (χ0n) is 19.7. The fourth-order valence-electron chi connectivity index (χ4n) is 4.81. The molecule has 0 unspecified atom stereocenters. The maximum Gasteiger partial charge on any atom is 0.337 e. The number of anilines is 1. The lowest BCUT2D eigenvalue weighted by Gasteiger charge is -2.17. The average molecular weight is 484 g/mol. The Labute approximate surface area is 207 Å². The molecule has 182 valence electrons.